The molecule has 1 aromatic carbocycles. The van der Waals surface area contributed by atoms with Gasteiger partial charge in [-0.3, -0.25) is 0 Å². The van der Waals surface area contributed by atoms with E-state index in [0.29, 0.717) is 12.4 Å². The van der Waals surface area contributed by atoms with Gasteiger partial charge < -0.3 is 10.1 Å². The summed E-state index contributed by atoms with van der Waals surface area (Å²) in [5.41, 5.74) is 2.07. The molecular formula is C16H20BrN3O. The summed E-state index contributed by atoms with van der Waals surface area (Å²) in [6.45, 7) is 9.06. The zero-order valence-electron chi connectivity index (χ0n) is 12.8. The molecule has 0 saturated carbocycles. The lowest BCUT2D eigenvalue weighted by Crippen LogP contribution is -2.35. The Morgan fingerprint density at radius 2 is 1.90 bits per heavy atom. The topological polar surface area (TPSA) is 47.0 Å². The number of benzene rings is 1. The third-order valence-corrected chi connectivity index (χ3v) is 3.74. The van der Waals surface area contributed by atoms with Gasteiger partial charge in [0.2, 0.25) is 5.88 Å². The van der Waals surface area contributed by atoms with Crippen molar-refractivity contribution in [1.82, 2.24) is 15.5 Å². The first kappa shape index (κ1) is 15.9. The molecule has 21 heavy (non-hydrogen) atoms. The van der Waals surface area contributed by atoms with Crippen LogP contribution in [0, 0.1) is 6.92 Å². The number of rotatable bonds is 4. The van der Waals surface area contributed by atoms with Crippen LogP contribution in [0.5, 0.6) is 11.6 Å². The van der Waals surface area contributed by atoms with Crippen molar-refractivity contribution in [2.75, 3.05) is 0 Å². The van der Waals surface area contributed by atoms with Crippen molar-refractivity contribution in [3.8, 4) is 11.6 Å². The number of hydrogen-bond donors (Lipinski definition) is 1. The third-order valence-electron chi connectivity index (χ3n) is 2.85. The van der Waals surface area contributed by atoms with Gasteiger partial charge >= 0.3 is 0 Å². The van der Waals surface area contributed by atoms with Crippen molar-refractivity contribution in [1.29, 1.82) is 0 Å². The summed E-state index contributed by atoms with van der Waals surface area (Å²) in [4.78, 5) is 0. The Morgan fingerprint density at radius 1 is 1.14 bits per heavy atom. The molecule has 2 aromatic rings. The van der Waals surface area contributed by atoms with Crippen molar-refractivity contribution >= 4 is 15.9 Å². The van der Waals surface area contributed by atoms with Crippen LogP contribution < -0.4 is 10.1 Å². The second-order valence-corrected chi connectivity index (χ2v) is 6.83. The molecule has 1 aromatic heterocycles. The molecule has 0 spiro atoms. The molecule has 0 bridgehead atoms. The van der Waals surface area contributed by atoms with Gasteiger partial charge in [-0.1, -0.05) is 15.9 Å². The molecule has 112 valence electrons. The summed E-state index contributed by atoms with van der Waals surface area (Å²) in [6, 6.07) is 9.57. The quantitative estimate of drug-likeness (QED) is 0.897. The van der Waals surface area contributed by atoms with Crippen LogP contribution in [0.25, 0.3) is 0 Å². The van der Waals surface area contributed by atoms with Crippen LogP contribution in [0.4, 0.5) is 0 Å². The molecule has 0 aliphatic heterocycles. The fourth-order valence-corrected chi connectivity index (χ4v) is 1.90. The third kappa shape index (κ3) is 5.10. The normalized spacial score (nSPS) is 11.5. The Morgan fingerprint density at radius 3 is 2.48 bits per heavy atom. The lowest BCUT2D eigenvalue weighted by atomic mass is 10.1. The molecule has 4 nitrogen and oxygen atoms in total. The van der Waals surface area contributed by atoms with E-state index in [1.165, 1.54) is 0 Å². The zero-order chi connectivity index (χ0) is 15.5. The van der Waals surface area contributed by atoms with Crippen LogP contribution in [0.15, 0.2) is 34.8 Å². The van der Waals surface area contributed by atoms with Crippen LogP contribution >= 0.6 is 15.9 Å². The summed E-state index contributed by atoms with van der Waals surface area (Å²) in [7, 11) is 0. The molecule has 1 heterocycles. The Bertz CT molecular complexity index is 606. The first-order valence-electron chi connectivity index (χ1n) is 6.85. The molecule has 0 aliphatic carbocycles. The van der Waals surface area contributed by atoms with E-state index < -0.39 is 0 Å². The minimum Gasteiger partial charge on any atom is -0.438 e. The average molecular weight is 350 g/mol. The average Bonchev–Trinajstić information content (AvgIpc) is 2.41. The SMILES string of the molecule is Cc1cc(Oc2ccc(CNC(C)(C)C)nn2)ccc1Br. The predicted molar refractivity (Wildman–Crippen MR) is 87.6 cm³/mol. The second-order valence-electron chi connectivity index (χ2n) is 5.98. The molecule has 0 saturated heterocycles. The Kier molecular flexibility index (Phi) is 4.96. The van der Waals surface area contributed by atoms with Crippen LogP contribution in [0.3, 0.4) is 0 Å². The van der Waals surface area contributed by atoms with E-state index in [9.17, 15) is 0 Å². The Hall–Kier alpha value is -1.46. The number of aromatic nitrogens is 2. The van der Waals surface area contributed by atoms with E-state index in [1.807, 2.05) is 37.3 Å². The molecule has 5 heteroatoms. The Labute approximate surface area is 134 Å². The van der Waals surface area contributed by atoms with Crippen molar-refractivity contribution in [2.45, 2.75) is 39.8 Å². The largest absolute Gasteiger partial charge is 0.438 e. The van der Waals surface area contributed by atoms with Gasteiger partial charge in [0.15, 0.2) is 0 Å². The summed E-state index contributed by atoms with van der Waals surface area (Å²) in [5.74, 6) is 1.25. The van der Waals surface area contributed by atoms with Gasteiger partial charge in [0.05, 0.1) is 5.69 Å². The highest BCUT2D eigenvalue weighted by Gasteiger charge is 2.09. The first-order chi connectivity index (χ1) is 9.83. The fraction of sp³-hybridized carbons (Fsp3) is 0.375. The van der Waals surface area contributed by atoms with Gasteiger partial charge in [0.1, 0.15) is 5.75 Å². The lowest BCUT2D eigenvalue weighted by molar-refractivity contribution is 0.416. The minimum atomic E-state index is 0.0613. The van der Waals surface area contributed by atoms with Gasteiger partial charge in [-0.15, -0.1) is 5.10 Å². The van der Waals surface area contributed by atoms with E-state index in [4.69, 9.17) is 4.74 Å². The van der Waals surface area contributed by atoms with Gasteiger partial charge in [-0.2, -0.15) is 5.10 Å². The summed E-state index contributed by atoms with van der Waals surface area (Å²) < 4.78 is 6.76. The molecule has 0 atom stereocenters. The molecule has 0 unspecified atom stereocenters. The van der Waals surface area contributed by atoms with Crippen LogP contribution in [0.2, 0.25) is 0 Å². The number of nitrogens with one attached hydrogen (secondary N) is 1. The molecule has 0 aliphatic rings. The van der Waals surface area contributed by atoms with E-state index >= 15 is 0 Å². The maximum absolute atomic E-state index is 5.70. The standard InChI is InChI=1S/C16H20BrN3O/c1-11-9-13(6-7-14(11)17)21-15-8-5-12(19-20-15)10-18-16(2,3)4/h5-9,18H,10H2,1-4H3. The van der Waals surface area contributed by atoms with E-state index in [1.54, 1.807) is 0 Å². The molecule has 0 radical (unpaired) electrons. The molecule has 2 rings (SSSR count). The highest BCUT2D eigenvalue weighted by Crippen LogP contribution is 2.24. The summed E-state index contributed by atoms with van der Waals surface area (Å²) >= 11 is 3.47. The maximum atomic E-state index is 5.70. The maximum Gasteiger partial charge on any atom is 0.238 e. The zero-order valence-corrected chi connectivity index (χ0v) is 14.4. The molecule has 0 fully saturated rings. The predicted octanol–water partition coefficient (Wildman–Crippen LogP) is 4.23. The number of ether oxygens (including phenoxy) is 1. The monoisotopic (exact) mass is 349 g/mol. The van der Waals surface area contributed by atoms with Crippen LogP contribution in [0.1, 0.15) is 32.0 Å². The van der Waals surface area contributed by atoms with Crippen molar-refractivity contribution in [3.05, 3.63) is 46.1 Å². The van der Waals surface area contributed by atoms with E-state index in [-0.39, 0.29) is 5.54 Å². The lowest BCUT2D eigenvalue weighted by Gasteiger charge is -2.19. The first-order valence-corrected chi connectivity index (χ1v) is 7.64. The van der Waals surface area contributed by atoms with Gasteiger partial charge in [0, 0.05) is 22.6 Å². The van der Waals surface area contributed by atoms with Crippen molar-refractivity contribution < 1.29 is 4.74 Å². The van der Waals surface area contributed by atoms with Crippen LogP contribution in [-0.4, -0.2) is 15.7 Å². The van der Waals surface area contributed by atoms with E-state index in [0.717, 1.165) is 21.5 Å². The van der Waals surface area contributed by atoms with Gasteiger partial charge in [-0.25, -0.2) is 0 Å². The Balaban J connectivity index is 2.00. The number of aryl methyl sites for hydroxylation is 1. The highest BCUT2D eigenvalue weighted by atomic mass is 79.9. The van der Waals surface area contributed by atoms with Gasteiger partial charge in [-0.05, 0) is 57.5 Å². The molecule has 0 amide bonds. The molecule has 1 N–H and O–H groups in total. The minimum absolute atomic E-state index is 0.0613. The second kappa shape index (κ2) is 6.54. The van der Waals surface area contributed by atoms with Crippen molar-refractivity contribution in [2.24, 2.45) is 0 Å². The molecular weight excluding hydrogens is 330 g/mol. The summed E-state index contributed by atoms with van der Waals surface area (Å²) in [5, 5.41) is 11.6. The fourth-order valence-electron chi connectivity index (χ4n) is 1.65. The number of halogens is 1. The van der Waals surface area contributed by atoms with E-state index in [2.05, 4.69) is 52.2 Å². The highest BCUT2D eigenvalue weighted by molar-refractivity contribution is 9.10. The smallest absolute Gasteiger partial charge is 0.238 e. The van der Waals surface area contributed by atoms with Gasteiger partial charge in [0.25, 0.3) is 0 Å². The van der Waals surface area contributed by atoms with Crippen LogP contribution in [-0.2, 0) is 6.54 Å². The van der Waals surface area contributed by atoms with Crippen molar-refractivity contribution in [3.63, 3.8) is 0 Å². The number of nitrogens with zero attached hydrogens (tertiary/aromatic N) is 2. The number of hydrogen-bond acceptors (Lipinski definition) is 4. The summed E-state index contributed by atoms with van der Waals surface area (Å²) in [6.07, 6.45) is 0.